The van der Waals surface area contributed by atoms with Crippen molar-refractivity contribution in [3.63, 3.8) is 0 Å². The van der Waals surface area contributed by atoms with Crippen molar-refractivity contribution in [3.05, 3.63) is 288 Å². The molecule has 4 heteroatoms. The Labute approximate surface area is 434 Å². The van der Waals surface area contributed by atoms with Crippen LogP contribution in [0, 0.1) is 0 Å². The van der Waals surface area contributed by atoms with E-state index in [2.05, 4.69) is 278 Å². The Bertz CT molecular complexity index is 4330. The fraction of sp³-hybridized carbons (Fsp3) is 0.0571. The lowest BCUT2D eigenvalue weighted by Crippen LogP contribution is -2.28. The van der Waals surface area contributed by atoms with E-state index < -0.39 is 5.41 Å². The van der Waals surface area contributed by atoms with Crippen LogP contribution in [0.1, 0.15) is 47.2 Å². The molecule has 11 aromatic carbocycles. The van der Waals surface area contributed by atoms with E-state index in [0.717, 1.165) is 56.1 Å². The van der Waals surface area contributed by atoms with Crippen molar-refractivity contribution < 1.29 is 4.42 Å². The number of fused-ring (bicyclic) bond motifs is 12. The Kier molecular flexibility index (Phi) is 9.39. The molecule has 0 radical (unpaired) electrons. The van der Waals surface area contributed by atoms with Crippen LogP contribution in [0.2, 0.25) is 0 Å². The number of para-hydroxylation sites is 1. The molecular weight excluding hydrogens is 917 g/mol. The Hall–Kier alpha value is -8.96. The summed E-state index contributed by atoms with van der Waals surface area (Å²) < 4.78 is 9.21. The van der Waals surface area contributed by atoms with Gasteiger partial charge in [-0.05, 0) is 134 Å². The maximum Gasteiger partial charge on any atom is 0.137 e. The lowest BCUT2D eigenvalue weighted by Gasteiger charge is -2.35. The highest BCUT2D eigenvalue weighted by atomic mass is 32.1. The quantitative estimate of drug-likeness (QED) is 0.151. The number of furan rings is 1. The van der Waals surface area contributed by atoms with Gasteiger partial charge in [0.15, 0.2) is 0 Å². The van der Waals surface area contributed by atoms with Gasteiger partial charge in [-0.25, -0.2) is 0 Å². The summed E-state index contributed by atoms with van der Waals surface area (Å²) in [4.78, 5) is 4.93. The number of thiophene rings is 1. The Morgan fingerprint density at radius 2 is 0.851 bits per heavy atom. The third-order valence-electron chi connectivity index (χ3n) is 16.1. The van der Waals surface area contributed by atoms with E-state index in [1.165, 1.54) is 75.8 Å². The first-order valence-corrected chi connectivity index (χ1v) is 26.4. The monoisotopic (exact) mass is 964 g/mol. The third kappa shape index (κ3) is 6.19. The predicted octanol–water partition coefficient (Wildman–Crippen LogP) is 19.6. The first-order valence-electron chi connectivity index (χ1n) is 25.6. The SMILES string of the molecule is CC1(C)c2ccccc2-c2ccc(N(c3cccc(N(c4ccc5c(c4)C(c4ccccc4)(c4ccccc4)c4ccccc4-5)c4cccc5oc6ccccc6c45)c3)c3ccc4c(c3)sc3ccccc34)cc21. The van der Waals surface area contributed by atoms with Crippen molar-refractivity contribution in [1.82, 2.24) is 0 Å². The van der Waals surface area contributed by atoms with E-state index in [4.69, 9.17) is 4.42 Å². The minimum absolute atomic E-state index is 0.171. The average molecular weight is 965 g/mol. The van der Waals surface area contributed by atoms with Gasteiger partial charge in [-0.15, -0.1) is 11.3 Å². The molecule has 2 aliphatic carbocycles. The van der Waals surface area contributed by atoms with Gasteiger partial charge in [0.1, 0.15) is 11.2 Å². The van der Waals surface area contributed by atoms with E-state index in [-0.39, 0.29) is 5.41 Å². The van der Waals surface area contributed by atoms with Gasteiger partial charge in [-0.2, -0.15) is 0 Å². The summed E-state index contributed by atoms with van der Waals surface area (Å²) in [5, 5.41) is 4.72. The highest BCUT2D eigenvalue weighted by molar-refractivity contribution is 7.25. The summed E-state index contributed by atoms with van der Waals surface area (Å²) in [6.07, 6.45) is 0. The van der Waals surface area contributed by atoms with Crippen LogP contribution in [0.5, 0.6) is 0 Å². The second-order valence-electron chi connectivity index (χ2n) is 20.4. The van der Waals surface area contributed by atoms with E-state index in [0.29, 0.717) is 0 Å². The van der Waals surface area contributed by atoms with Gasteiger partial charge in [0.25, 0.3) is 0 Å². The van der Waals surface area contributed by atoms with Gasteiger partial charge in [0.05, 0.1) is 16.5 Å². The maximum absolute atomic E-state index is 6.66. The van der Waals surface area contributed by atoms with Gasteiger partial charge >= 0.3 is 0 Å². The standard InChI is InChI=1S/C70H48N2OS/c1-69(2)59-29-13-9-25-52(59)54-38-35-49(42-61(54)69)71(51-37-40-57-56-27-12-16-34-66(56)74-67(57)44-51)47-23-17-24-48(41-47)72(63-31-18-33-65-68(63)58-28-11-15-32-64(58)73-65)50-36-39-55-53-26-10-14-30-60(53)70(62(55)43-50,45-19-5-3-6-20-45)46-21-7-4-8-22-46/h3-44H,1-2H3. The van der Waals surface area contributed by atoms with Gasteiger partial charge in [-0.3, -0.25) is 0 Å². The molecule has 0 unspecified atom stereocenters. The van der Waals surface area contributed by atoms with Crippen LogP contribution >= 0.6 is 11.3 Å². The van der Waals surface area contributed by atoms with Crippen LogP contribution in [0.3, 0.4) is 0 Å². The second kappa shape index (κ2) is 16.3. The van der Waals surface area contributed by atoms with E-state index in [1.54, 1.807) is 0 Å². The summed E-state index contributed by atoms with van der Waals surface area (Å²) in [6, 6.07) is 94.2. The topological polar surface area (TPSA) is 19.6 Å². The Balaban J connectivity index is 0.981. The largest absolute Gasteiger partial charge is 0.456 e. The summed E-state index contributed by atoms with van der Waals surface area (Å²) >= 11 is 1.86. The minimum atomic E-state index is -0.574. The third-order valence-corrected chi connectivity index (χ3v) is 17.2. The lowest BCUT2D eigenvalue weighted by molar-refractivity contribution is 0.660. The lowest BCUT2D eigenvalue weighted by atomic mass is 9.67. The molecule has 0 saturated carbocycles. The molecule has 350 valence electrons. The summed E-state index contributed by atoms with van der Waals surface area (Å²) in [5.41, 5.74) is 20.2. The van der Waals surface area contributed by atoms with Crippen LogP contribution in [0.15, 0.2) is 259 Å². The average Bonchev–Trinajstić information content (AvgIpc) is 4.18. The molecule has 0 spiro atoms. The van der Waals surface area contributed by atoms with Crippen LogP contribution in [0.4, 0.5) is 34.1 Å². The van der Waals surface area contributed by atoms with Crippen LogP contribution in [-0.4, -0.2) is 0 Å². The van der Waals surface area contributed by atoms with E-state index in [1.807, 2.05) is 11.3 Å². The number of anilines is 6. The van der Waals surface area contributed by atoms with E-state index in [9.17, 15) is 0 Å². The maximum atomic E-state index is 6.66. The molecule has 0 saturated heterocycles. The number of benzene rings is 11. The zero-order chi connectivity index (χ0) is 49.1. The molecule has 0 N–H and O–H groups in total. The molecule has 0 atom stereocenters. The normalized spacial score (nSPS) is 13.8. The Morgan fingerprint density at radius 3 is 1.62 bits per heavy atom. The number of nitrogens with zero attached hydrogens (tertiary/aromatic N) is 2. The van der Waals surface area contributed by atoms with Crippen molar-refractivity contribution in [2.75, 3.05) is 9.80 Å². The van der Waals surface area contributed by atoms with Crippen molar-refractivity contribution in [3.8, 4) is 22.3 Å². The molecular formula is C70H48N2OS. The van der Waals surface area contributed by atoms with Crippen molar-refractivity contribution in [1.29, 1.82) is 0 Å². The predicted molar refractivity (Wildman–Crippen MR) is 311 cm³/mol. The Morgan fingerprint density at radius 1 is 0.338 bits per heavy atom. The smallest absolute Gasteiger partial charge is 0.137 e. The first kappa shape index (κ1) is 42.7. The molecule has 0 bridgehead atoms. The van der Waals surface area contributed by atoms with Gasteiger partial charge < -0.3 is 14.2 Å². The molecule has 2 aliphatic rings. The van der Waals surface area contributed by atoms with Crippen LogP contribution in [0.25, 0.3) is 64.4 Å². The molecule has 3 nitrogen and oxygen atoms in total. The minimum Gasteiger partial charge on any atom is -0.456 e. The van der Waals surface area contributed by atoms with Crippen LogP contribution in [-0.2, 0) is 10.8 Å². The summed E-state index contributed by atoms with van der Waals surface area (Å²) in [6.45, 7) is 4.74. The number of rotatable bonds is 8. The second-order valence-corrected chi connectivity index (χ2v) is 21.5. The molecule has 0 amide bonds. The van der Waals surface area contributed by atoms with Crippen molar-refractivity contribution >= 4 is 87.6 Å². The fourth-order valence-electron chi connectivity index (χ4n) is 12.8. The van der Waals surface area contributed by atoms with E-state index >= 15 is 0 Å². The summed E-state index contributed by atoms with van der Waals surface area (Å²) in [7, 11) is 0. The van der Waals surface area contributed by atoms with Gasteiger partial charge in [0, 0.05) is 59.4 Å². The molecule has 15 rings (SSSR count). The van der Waals surface area contributed by atoms with Crippen molar-refractivity contribution in [2.45, 2.75) is 24.7 Å². The zero-order valence-electron chi connectivity index (χ0n) is 41.0. The molecule has 74 heavy (non-hydrogen) atoms. The molecule has 0 aliphatic heterocycles. The highest BCUT2D eigenvalue weighted by Crippen LogP contribution is 2.58. The molecule has 2 heterocycles. The van der Waals surface area contributed by atoms with Crippen LogP contribution < -0.4 is 9.80 Å². The zero-order valence-corrected chi connectivity index (χ0v) is 41.8. The first-order chi connectivity index (χ1) is 36.4. The molecule has 2 aromatic heterocycles. The molecule has 13 aromatic rings. The molecule has 0 fully saturated rings. The van der Waals surface area contributed by atoms with Gasteiger partial charge in [-0.1, -0.05) is 190 Å². The number of hydrogen-bond donors (Lipinski definition) is 0. The van der Waals surface area contributed by atoms with Crippen molar-refractivity contribution in [2.24, 2.45) is 0 Å². The van der Waals surface area contributed by atoms with Gasteiger partial charge in [0.2, 0.25) is 0 Å². The number of hydrogen-bond acceptors (Lipinski definition) is 4. The highest BCUT2D eigenvalue weighted by Gasteiger charge is 2.46. The fourth-order valence-corrected chi connectivity index (χ4v) is 14.0. The summed E-state index contributed by atoms with van der Waals surface area (Å²) in [5.74, 6) is 0.